The smallest absolute Gasteiger partial charge is 0.233 e. The lowest BCUT2D eigenvalue weighted by atomic mass is 10.6. The second-order valence-electron chi connectivity index (χ2n) is 2.08. The third-order valence-electron chi connectivity index (χ3n) is 1.42. The van der Waals surface area contributed by atoms with Gasteiger partial charge in [0.05, 0.1) is 14.1 Å². The Labute approximate surface area is 55.1 Å². The van der Waals surface area contributed by atoms with E-state index in [-0.39, 0.29) is 0 Å². The number of nitrogens with zero attached hydrogens (tertiary/aromatic N) is 2. The summed E-state index contributed by atoms with van der Waals surface area (Å²) in [6.07, 6.45) is 5.83. The fourth-order valence-corrected chi connectivity index (χ4v) is 0.890. The minimum atomic E-state index is 1.12. The lowest BCUT2D eigenvalue weighted by Crippen LogP contribution is -2.29. The van der Waals surface area contributed by atoms with Gasteiger partial charge in [0.15, 0.2) is 0 Å². The van der Waals surface area contributed by atoms with E-state index >= 15 is 0 Å². The first-order chi connectivity index (χ1) is 4.25. The highest BCUT2D eigenvalue weighted by Crippen LogP contribution is 1.90. The molecule has 2 heteroatoms. The number of aryl methyl sites for hydroxylation is 2. The molecule has 0 amide bonds. The highest BCUT2D eigenvalue weighted by Gasteiger charge is 2.03. The van der Waals surface area contributed by atoms with E-state index in [1.165, 1.54) is 0 Å². The van der Waals surface area contributed by atoms with Crippen molar-refractivity contribution in [1.82, 2.24) is 4.57 Å². The summed E-state index contributed by atoms with van der Waals surface area (Å²) in [4.78, 5) is 0. The number of hydrogen-bond donors (Lipinski definition) is 0. The van der Waals surface area contributed by atoms with Gasteiger partial charge >= 0.3 is 0 Å². The summed E-state index contributed by atoms with van der Waals surface area (Å²) in [5.41, 5.74) is 0. The minimum absolute atomic E-state index is 1.12. The first-order valence-electron chi connectivity index (χ1n) is 2.89. The molecule has 2 nitrogen and oxygen atoms in total. The topological polar surface area (TPSA) is 8.81 Å². The second kappa shape index (κ2) is 2.05. The molecule has 0 saturated carbocycles. The van der Waals surface area contributed by atoms with Gasteiger partial charge in [0.1, 0.15) is 12.4 Å². The Morgan fingerprint density at radius 2 is 2.44 bits per heavy atom. The second-order valence-corrected chi connectivity index (χ2v) is 2.08. The monoisotopic (exact) mass is 123 g/mol. The molecule has 0 aromatic carbocycles. The average Bonchev–Trinajstić information content (AvgIpc) is 2.12. The number of imidazole rings is 1. The zero-order valence-corrected chi connectivity index (χ0v) is 5.83. The highest BCUT2D eigenvalue weighted by molar-refractivity contribution is 5.32. The molecule has 0 bridgehead atoms. The van der Waals surface area contributed by atoms with E-state index in [1.54, 1.807) is 0 Å². The van der Waals surface area contributed by atoms with Gasteiger partial charge < -0.3 is 0 Å². The van der Waals surface area contributed by atoms with Crippen molar-refractivity contribution in [1.29, 1.82) is 0 Å². The van der Waals surface area contributed by atoms with Crippen LogP contribution >= 0.6 is 0 Å². The summed E-state index contributed by atoms with van der Waals surface area (Å²) < 4.78 is 4.04. The molecular weight excluding hydrogens is 112 g/mol. The standard InChI is InChI=1S/C7H11N2/c1-4-7-8(2)5-6-9(7)3/h4-6H,1H2,2-3H3/q+1. The predicted molar refractivity (Wildman–Crippen MR) is 36.7 cm³/mol. The molecule has 0 unspecified atom stereocenters. The Morgan fingerprint density at radius 3 is 2.67 bits per heavy atom. The summed E-state index contributed by atoms with van der Waals surface area (Å²) in [5, 5.41) is 0. The van der Waals surface area contributed by atoms with Crippen LogP contribution in [0.3, 0.4) is 0 Å². The van der Waals surface area contributed by atoms with E-state index < -0.39 is 0 Å². The number of rotatable bonds is 1. The van der Waals surface area contributed by atoms with Crippen LogP contribution in [0.4, 0.5) is 0 Å². The van der Waals surface area contributed by atoms with Gasteiger partial charge in [-0.15, -0.1) is 0 Å². The molecule has 0 aliphatic rings. The van der Waals surface area contributed by atoms with Crippen LogP contribution < -0.4 is 4.57 Å². The largest absolute Gasteiger partial charge is 0.280 e. The zero-order valence-electron chi connectivity index (χ0n) is 5.83. The van der Waals surface area contributed by atoms with E-state index in [1.807, 2.05) is 41.7 Å². The molecule has 0 aliphatic carbocycles. The van der Waals surface area contributed by atoms with E-state index in [0.29, 0.717) is 0 Å². The maximum Gasteiger partial charge on any atom is 0.280 e. The van der Waals surface area contributed by atoms with Crippen molar-refractivity contribution in [3.8, 4) is 0 Å². The van der Waals surface area contributed by atoms with Crippen LogP contribution in [0.2, 0.25) is 0 Å². The van der Waals surface area contributed by atoms with Crippen LogP contribution in [0.5, 0.6) is 0 Å². The van der Waals surface area contributed by atoms with E-state index in [4.69, 9.17) is 0 Å². The SMILES string of the molecule is C=Cc1n(C)cc[n+]1C. The van der Waals surface area contributed by atoms with Crippen molar-refractivity contribution in [3.05, 3.63) is 24.8 Å². The Hall–Kier alpha value is -1.05. The highest BCUT2D eigenvalue weighted by atomic mass is 15.1. The molecule has 9 heavy (non-hydrogen) atoms. The van der Waals surface area contributed by atoms with Crippen molar-refractivity contribution in [3.63, 3.8) is 0 Å². The molecule has 1 rings (SSSR count). The van der Waals surface area contributed by atoms with Crippen LogP contribution in [0.25, 0.3) is 6.08 Å². The third-order valence-corrected chi connectivity index (χ3v) is 1.42. The third kappa shape index (κ3) is 0.875. The minimum Gasteiger partial charge on any atom is -0.233 e. The van der Waals surface area contributed by atoms with Gasteiger partial charge in [0, 0.05) is 6.08 Å². The van der Waals surface area contributed by atoms with Crippen LogP contribution in [0.1, 0.15) is 5.82 Å². The van der Waals surface area contributed by atoms with Gasteiger partial charge in [-0.1, -0.05) is 6.58 Å². The lowest BCUT2D eigenvalue weighted by molar-refractivity contribution is -0.672. The molecule has 0 fully saturated rings. The normalized spacial score (nSPS) is 9.56. The summed E-state index contributed by atoms with van der Waals surface area (Å²) in [6, 6.07) is 0. The van der Waals surface area contributed by atoms with Crippen LogP contribution in [-0.2, 0) is 14.1 Å². The molecule has 0 N–H and O–H groups in total. The number of hydrogen-bond acceptors (Lipinski definition) is 0. The fraction of sp³-hybridized carbons (Fsp3) is 0.286. The average molecular weight is 123 g/mol. The molecule has 0 saturated heterocycles. The van der Waals surface area contributed by atoms with Gasteiger partial charge in [0.25, 0.3) is 5.82 Å². The molecule has 1 aromatic heterocycles. The summed E-state index contributed by atoms with van der Waals surface area (Å²) >= 11 is 0. The van der Waals surface area contributed by atoms with E-state index in [9.17, 15) is 0 Å². The quantitative estimate of drug-likeness (QED) is 0.481. The van der Waals surface area contributed by atoms with Crippen LogP contribution in [0, 0.1) is 0 Å². The van der Waals surface area contributed by atoms with Crippen molar-refractivity contribution in [2.24, 2.45) is 14.1 Å². The van der Waals surface area contributed by atoms with Crippen molar-refractivity contribution < 1.29 is 4.57 Å². The molecule has 0 atom stereocenters. The van der Waals surface area contributed by atoms with Gasteiger partial charge in [0.2, 0.25) is 0 Å². The molecular formula is C7H11N2+. The Morgan fingerprint density at radius 1 is 1.78 bits per heavy atom. The maximum atomic E-state index is 3.68. The molecule has 0 radical (unpaired) electrons. The Kier molecular flexibility index (Phi) is 1.39. The van der Waals surface area contributed by atoms with Gasteiger partial charge in [-0.05, 0) is 0 Å². The van der Waals surface area contributed by atoms with Crippen molar-refractivity contribution in [2.75, 3.05) is 0 Å². The summed E-state index contributed by atoms with van der Waals surface area (Å²) in [7, 11) is 3.99. The van der Waals surface area contributed by atoms with Crippen molar-refractivity contribution >= 4 is 6.08 Å². The lowest BCUT2D eigenvalue weighted by Gasteiger charge is -1.86. The fourth-order valence-electron chi connectivity index (χ4n) is 0.890. The van der Waals surface area contributed by atoms with Crippen LogP contribution in [0.15, 0.2) is 19.0 Å². The Bertz CT molecular complexity index is 203. The van der Waals surface area contributed by atoms with Crippen LogP contribution in [-0.4, -0.2) is 4.57 Å². The number of aromatic nitrogens is 2. The first-order valence-corrected chi connectivity index (χ1v) is 2.89. The van der Waals surface area contributed by atoms with Gasteiger partial charge in [-0.3, -0.25) is 0 Å². The molecule has 1 heterocycles. The van der Waals surface area contributed by atoms with E-state index in [0.717, 1.165) is 5.82 Å². The van der Waals surface area contributed by atoms with Gasteiger partial charge in [-0.25, -0.2) is 9.13 Å². The Balaban J connectivity index is 3.22. The molecule has 1 aromatic rings. The van der Waals surface area contributed by atoms with Gasteiger partial charge in [-0.2, -0.15) is 0 Å². The summed E-state index contributed by atoms with van der Waals surface area (Å²) in [6.45, 7) is 3.68. The van der Waals surface area contributed by atoms with Crippen molar-refractivity contribution in [2.45, 2.75) is 0 Å². The summed E-state index contributed by atoms with van der Waals surface area (Å²) in [5.74, 6) is 1.12. The first kappa shape index (κ1) is 6.08. The van der Waals surface area contributed by atoms with E-state index in [2.05, 4.69) is 6.58 Å². The maximum absolute atomic E-state index is 3.68. The molecule has 48 valence electrons. The molecule has 0 spiro atoms. The predicted octanol–water partition coefficient (Wildman–Crippen LogP) is 0.493. The zero-order chi connectivity index (χ0) is 6.85. The molecule has 0 aliphatic heterocycles.